The molecule has 130 valence electrons. The topological polar surface area (TPSA) is 46.1 Å². The summed E-state index contributed by atoms with van der Waals surface area (Å²) in [6, 6.07) is 2.13. The van der Waals surface area contributed by atoms with E-state index in [2.05, 4.69) is 34.0 Å². The largest absolute Gasteiger partial charge is 0.375 e. The Morgan fingerprint density at radius 1 is 1.39 bits per heavy atom. The van der Waals surface area contributed by atoms with Gasteiger partial charge in [-0.25, -0.2) is 4.99 Å². The predicted octanol–water partition coefficient (Wildman–Crippen LogP) is 2.71. The van der Waals surface area contributed by atoms with E-state index >= 15 is 0 Å². The highest BCUT2D eigenvalue weighted by atomic mass is 127. The molecular formula is C16H26IN3O2S. The second-order valence-electron chi connectivity index (χ2n) is 5.71. The Morgan fingerprint density at radius 3 is 2.96 bits per heavy atom. The Kier molecular flexibility index (Phi) is 8.08. The van der Waals surface area contributed by atoms with E-state index < -0.39 is 0 Å². The quantitative estimate of drug-likeness (QED) is 0.435. The van der Waals surface area contributed by atoms with Gasteiger partial charge in [-0.15, -0.1) is 24.0 Å². The second kappa shape index (κ2) is 9.80. The Morgan fingerprint density at radius 2 is 2.26 bits per heavy atom. The number of thiophene rings is 1. The third-order valence-corrected chi connectivity index (χ3v) is 4.83. The van der Waals surface area contributed by atoms with Crippen LogP contribution in [0.4, 0.5) is 0 Å². The molecule has 0 amide bonds. The molecule has 2 unspecified atom stereocenters. The van der Waals surface area contributed by atoms with Gasteiger partial charge in [-0.1, -0.05) is 0 Å². The van der Waals surface area contributed by atoms with Crippen molar-refractivity contribution in [1.82, 2.24) is 10.2 Å². The highest BCUT2D eigenvalue weighted by Gasteiger charge is 2.32. The molecule has 0 bridgehead atoms. The Bertz CT molecular complexity index is 478. The van der Waals surface area contributed by atoms with Crippen LogP contribution in [-0.2, 0) is 16.0 Å². The first-order valence-corrected chi connectivity index (χ1v) is 9.08. The summed E-state index contributed by atoms with van der Waals surface area (Å²) in [6.07, 6.45) is 2.68. The molecule has 2 atom stereocenters. The molecule has 23 heavy (non-hydrogen) atoms. The van der Waals surface area contributed by atoms with Crippen molar-refractivity contribution in [1.29, 1.82) is 0 Å². The highest BCUT2D eigenvalue weighted by molar-refractivity contribution is 14.0. The summed E-state index contributed by atoms with van der Waals surface area (Å²) in [6.45, 7) is 7.08. The summed E-state index contributed by atoms with van der Waals surface area (Å²) in [5.74, 6) is 0.986. The molecule has 2 aliphatic heterocycles. The maximum Gasteiger partial charge on any atom is 0.194 e. The lowest BCUT2D eigenvalue weighted by atomic mass is 10.1. The van der Waals surface area contributed by atoms with Gasteiger partial charge in [0, 0.05) is 26.2 Å². The number of halogens is 1. The average Bonchev–Trinajstić information content (AvgIpc) is 3.24. The van der Waals surface area contributed by atoms with Gasteiger partial charge in [-0.05, 0) is 42.2 Å². The summed E-state index contributed by atoms with van der Waals surface area (Å²) >= 11 is 1.72. The van der Waals surface area contributed by atoms with Crippen LogP contribution in [0.1, 0.15) is 25.3 Å². The van der Waals surface area contributed by atoms with Crippen LogP contribution in [0.15, 0.2) is 21.8 Å². The molecule has 1 aromatic rings. The van der Waals surface area contributed by atoms with E-state index in [0.717, 1.165) is 58.2 Å². The summed E-state index contributed by atoms with van der Waals surface area (Å²) < 4.78 is 11.7. The van der Waals surface area contributed by atoms with E-state index in [0.29, 0.717) is 0 Å². The zero-order valence-electron chi connectivity index (χ0n) is 13.6. The standard InChI is InChI=1S/C16H25N3O2S.HI/c1-2-17-16(18-10-13-5-9-22-12-13)19-6-8-21-15(11-19)14-4-3-7-20-14;/h5,9,12,14-15H,2-4,6-8,10-11H2,1H3,(H,17,18);1H. The number of hydrogen-bond acceptors (Lipinski definition) is 4. The van der Waals surface area contributed by atoms with Crippen molar-refractivity contribution in [3.8, 4) is 0 Å². The van der Waals surface area contributed by atoms with Gasteiger partial charge in [0.1, 0.15) is 6.10 Å². The molecule has 0 spiro atoms. The molecule has 3 heterocycles. The van der Waals surface area contributed by atoms with Crippen molar-refractivity contribution in [3.63, 3.8) is 0 Å². The van der Waals surface area contributed by atoms with E-state index in [9.17, 15) is 0 Å². The third kappa shape index (κ3) is 5.30. The van der Waals surface area contributed by atoms with Gasteiger partial charge >= 0.3 is 0 Å². The maximum absolute atomic E-state index is 5.92. The third-order valence-electron chi connectivity index (χ3n) is 4.10. The smallest absolute Gasteiger partial charge is 0.194 e. The van der Waals surface area contributed by atoms with E-state index in [-0.39, 0.29) is 36.2 Å². The summed E-state index contributed by atoms with van der Waals surface area (Å²) in [7, 11) is 0. The molecule has 2 fully saturated rings. The van der Waals surface area contributed by atoms with Gasteiger partial charge in [0.2, 0.25) is 0 Å². The fraction of sp³-hybridized carbons (Fsp3) is 0.688. The molecule has 1 aromatic heterocycles. The van der Waals surface area contributed by atoms with Gasteiger partial charge < -0.3 is 19.7 Å². The molecule has 2 saturated heterocycles. The fourth-order valence-electron chi connectivity index (χ4n) is 2.96. The van der Waals surface area contributed by atoms with Crippen LogP contribution in [0.5, 0.6) is 0 Å². The predicted molar refractivity (Wildman–Crippen MR) is 105 cm³/mol. The van der Waals surface area contributed by atoms with Gasteiger partial charge in [-0.3, -0.25) is 0 Å². The Hall–Kier alpha value is -0.380. The zero-order chi connectivity index (χ0) is 15.2. The first-order valence-electron chi connectivity index (χ1n) is 8.14. The van der Waals surface area contributed by atoms with Gasteiger partial charge in [-0.2, -0.15) is 11.3 Å². The Labute approximate surface area is 159 Å². The van der Waals surface area contributed by atoms with Crippen LogP contribution in [-0.4, -0.2) is 55.9 Å². The number of ether oxygens (including phenoxy) is 2. The molecule has 0 radical (unpaired) electrons. The van der Waals surface area contributed by atoms with E-state index in [1.165, 1.54) is 5.56 Å². The minimum Gasteiger partial charge on any atom is -0.375 e. The lowest BCUT2D eigenvalue weighted by Crippen LogP contribution is -2.53. The summed E-state index contributed by atoms with van der Waals surface area (Å²) in [4.78, 5) is 7.09. The number of nitrogens with one attached hydrogen (secondary N) is 1. The zero-order valence-corrected chi connectivity index (χ0v) is 16.7. The van der Waals surface area contributed by atoms with Crippen LogP contribution < -0.4 is 5.32 Å². The normalized spacial score (nSPS) is 25.3. The monoisotopic (exact) mass is 451 g/mol. The first-order chi connectivity index (χ1) is 10.9. The van der Waals surface area contributed by atoms with E-state index in [1.54, 1.807) is 11.3 Å². The van der Waals surface area contributed by atoms with Crippen LogP contribution in [0.3, 0.4) is 0 Å². The maximum atomic E-state index is 5.92. The molecular weight excluding hydrogens is 425 g/mol. The van der Waals surface area contributed by atoms with Crippen LogP contribution in [0.25, 0.3) is 0 Å². The Balaban J connectivity index is 0.00000192. The van der Waals surface area contributed by atoms with Gasteiger partial charge in [0.25, 0.3) is 0 Å². The molecule has 0 aliphatic carbocycles. The fourth-order valence-corrected chi connectivity index (χ4v) is 3.62. The highest BCUT2D eigenvalue weighted by Crippen LogP contribution is 2.21. The van der Waals surface area contributed by atoms with Crippen LogP contribution in [0.2, 0.25) is 0 Å². The molecule has 0 aromatic carbocycles. The minimum atomic E-state index is 0. The van der Waals surface area contributed by atoms with Crippen LogP contribution >= 0.6 is 35.3 Å². The lowest BCUT2D eigenvalue weighted by Gasteiger charge is -2.37. The number of guanidine groups is 1. The first kappa shape index (κ1) is 19.0. The van der Waals surface area contributed by atoms with Crippen molar-refractivity contribution in [2.75, 3.05) is 32.8 Å². The SMILES string of the molecule is CCNC(=NCc1ccsc1)N1CCOC(C2CCCO2)C1.I. The van der Waals surface area contributed by atoms with Crippen molar-refractivity contribution in [3.05, 3.63) is 22.4 Å². The van der Waals surface area contributed by atoms with Crippen molar-refractivity contribution in [2.45, 2.75) is 38.5 Å². The molecule has 0 saturated carbocycles. The molecule has 5 nitrogen and oxygen atoms in total. The van der Waals surface area contributed by atoms with Crippen LogP contribution in [0, 0.1) is 0 Å². The number of aliphatic imine (C=N–C) groups is 1. The van der Waals surface area contributed by atoms with Gasteiger partial charge in [0.15, 0.2) is 5.96 Å². The summed E-state index contributed by atoms with van der Waals surface area (Å²) in [5, 5.41) is 7.66. The number of morpholine rings is 1. The van der Waals surface area contributed by atoms with Crippen molar-refractivity contribution >= 4 is 41.3 Å². The molecule has 7 heteroatoms. The minimum absolute atomic E-state index is 0. The summed E-state index contributed by atoms with van der Waals surface area (Å²) in [5.41, 5.74) is 1.27. The van der Waals surface area contributed by atoms with E-state index in [1.807, 2.05) is 0 Å². The van der Waals surface area contributed by atoms with Crippen molar-refractivity contribution in [2.24, 2.45) is 4.99 Å². The molecule has 3 rings (SSSR count). The number of hydrogen-bond donors (Lipinski definition) is 1. The number of nitrogens with zero attached hydrogens (tertiary/aromatic N) is 2. The molecule has 1 N–H and O–H groups in total. The lowest BCUT2D eigenvalue weighted by molar-refractivity contribution is -0.0817. The second-order valence-corrected chi connectivity index (χ2v) is 6.49. The number of rotatable bonds is 4. The molecule has 2 aliphatic rings. The average molecular weight is 451 g/mol. The van der Waals surface area contributed by atoms with Crippen molar-refractivity contribution < 1.29 is 9.47 Å². The van der Waals surface area contributed by atoms with Gasteiger partial charge in [0.05, 0.1) is 19.3 Å². The van der Waals surface area contributed by atoms with E-state index in [4.69, 9.17) is 14.5 Å².